The average Bonchev–Trinajstić information content (AvgIpc) is 2.86. The van der Waals surface area contributed by atoms with E-state index < -0.39 is 0 Å². The second kappa shape index (κ2) is 5.97. The summed E-state index contributed by atoms with van der Waals surface area (Å²) in [6.45, 7) is 4.62. The third kappa shape index (κ3) is 3.04. The van der Waals surface area contributed by atoms with Gasteiger partial charge in [0.25, 0.3) is 0 Å². The maximum absolute atomic E-state index is 13.8. The molecule has 0 amide bonds. The first-order chi connectivity index (χ1) is 9.72. The van der Waals surface area contributed by atoms with Gasteiger partial charge in [-0.15, -0.1) is 0 Å². The second-order valence-electron chi connectivity index (χ2n) is 5.07. The van der Waals surface area contributed by atoms with Crippen molar-refractivity contribution < 1.29 is 13.7 Å². The van der Waals surface area contributed by atoms with Gasteiger partial charge < -0.3 is 14.2 Å². The lowest BCUT2D eigenvalue weighted by molar-refractivity contribution is -0.915. The van der Waals surface area contributed by atoms with Gasteiger partial charge in [0.15, 0.2) is 10.4 Å². The topological polar surface area (TPSA) is 20.8 Å². The Hall–Kier alpha value is -1.33. The maximum Gasteiger partial charge on any atom is 0.169 e. The quantitative estimate of drug-likeness (QED) is 0.924. The minimum absolute atomic E-state index is 0.133. The van der Waals surface area contributed by atoms with Crippen molar-refractivity contribution in [2.24, 2.45) is 0 Å². The molecule has 2 aromatic rings. The Morgan fingerprint density at radius 2 is 1.90 bits per heavy atom. The highest BCUT2D eigenvalue weighted by Crippen LogP contribution is 2.18. The average molecular weight is 340 g/mol. The number of quaternary nitrogens is 1. The Balaban J connectivity index is 1.58. The van der Waals surface area contributed by atoms with E-state index in [2.05, 4.69) is 20.8 Å². The van der Waals surface area contributed by atoms with Crippen LogP contribution in [-0.4, -0.2) is 26.2 Å². The van der Waals surface area contributed by atoms with E-state index in [1.165, 1.54) is 11.0 Å². The van der Waals surface area contributed by atoms with Crippen LogP contribution in [0, 0.1) is 5.82 Å². The molecule has 1 aromatic heterocycles. The summed E-state index contributed by atoms with van der Waals surface area (Å²) in [5.74, 6) is 0.858. The summed E-state index contributed by atoms with van der Waals surface area (Å²) in [5.41, 5.74) is 0.715. The Bertz CT molecular complexity index is 579. The minimum Gasteiger partial charge on any atom is -0.448 e. The monoisotopic (exact) mass is 339 g/mol. The van der Waals surface area contributed by atoms with Crippen molar-refractivity contribution in [1.82, 2.24) is 0 Å². The zero-order valence-corrected chi connectivity index (χ0v) is 12.7. The maximum atomic E-state index is 13.8. The molecule has 3 nitrogen and oxygen atoms in total. The van der Waals surface area contributed by atoms with Gasteiger partial charge in [0, 0.05) is 0 Å². The van der Waals surface area contributed by atoms with Gasteiger partial charge in [-0.05, 0) is 40.2 Å². The molecule has 1 aliphatic heterocycles. The molecule has 0 spiro atoms. The van der Waals surface area contributed by atoms with Crippen molar-refractivity contribution in [2.75, 3.05) is 31.1 Å². The van der Waals surface area contributed by atoms with Crippen LogP contribution in [0.15, 0.2) is 45.5 Å². The number of halogens is 2. The highest BCUT2D eigenvalue weighted by Gasteiger charge is 2.22. The number of nitrogens with zero attached hydrogens (tertiary/aromatic N) is 1. The number of benzene rings is 1. The van der Waals surface area contributed by atoms with Crippen molar-refractivity contribution in [1.29, 1.82) is 0 Å². The number of nitrogens with one attached hydrogen (secondary N) is 1. The minimum atomic E-state index is -0.133. The molecule has 1 aromatic carbocycles. The molecule has 2 heterocycles. The zero-order valence-electron chi connectivity index (χ0n) is 11.1. The molecule has 106 valence electrons. The zero-order chi connectivity index (χ0) is 13.9. The van der Waals surface area contributed by atoms with E-state index in [4.69, 9.17) is 4.42 Å². The largest absolute Gasteiger partial charge is 0.448 e. The fraction of sp³-hybridized carbons (Fsp3) is 0.333. The van der Waals surface area contributed by atoms with E-state index in [-0.39, 0.29) is 5.82 Å². The van der Waals surface area contributed by atoms with Gasteiger partial charge in [-0.1, -0.05) is 12.1 Å². The molecular formula is C15H17BrFN2O+. The molecule has 0 atom stereocenters. The number of furan rings is 1. The fourth-order valence-electron chi connectivity index (χ4n) is 2.64. The van der Waals surface area contributed by atoms with Gasteiger partial charge in [0.1, 0.15) is 12.4 Å². The lowest BCUT2D eigenvalue weighted by Gasteiger charge is -2.33. The summed E-state index contributed by atoms with van der Waals surface area (Å²) in [5, 5.41) is 0. The summed E-state index contributed by atoms with van der Waals surface area (Å²) < 4.78 is 20.1. The van der Waals surface area contributed by atoms with Crippen LogP contribution in [0.1, 0.15) is 5.76 Å². The number of anilines is 1. The molecule has 0 saturated carbocycles. The highest BCUT2D eigenvalue weighted by atomic mass is 79.9. The van der Waals surface area contributed by atoms with Crippen LogP contribution in [-0.2, 0) is 6.54 Å². The summed E-state index contributed by atoms with van der Waals surface area (Å²) in [7, 11) is 0. The summed E-state index contributed by atoms with van der Waals surface area (Å²) >= 11 is 3.32. The van der Waals surface area contributed by atoms with Crippen LogP contribution < -0.4 is 9.80 Å². The van der Waals surface area contributed by atoms with Crippen molar-refractivity contribution in [3.05, 3.63) is 52.6 Å². The molecule has 0 bridgehead atoms. The van der Waals surface area contributed by atoms with Crippen molar-refractivity contribution in [3.8, 4) is 0 Å². The third-order valence-electron chi connectivity index (χ3n) is 3.72. The van der Waals surface area contributed by atoms with Crippen molar-refractivity contribution in [3.63, 3.8) is 0 Å². The Morgan fingerprint density at radius 1 is 1.15 bits per heavy atom. The molecule has 0 aliphatic carbocycles. The van der Waals surface area contributed by atoms with E-state index in [1.54, 1.807) is 6.07 Å². The van der Waals surface area contributed by atoms with Crippen molar-refractivity contribution in [2.45, 2.75) is 6.54 Å². The molecule has 1 fully saturated rings. The van der Waals surface area contributed by atoms with Gasteiger partial charge in [-0.2, -0.15) is 0 Å². The molecule has 1 aliphatic rings. The van der Waals surface area contributed by atoms with Gasteiger partial charge in [0.2, 0.25) is 0 Å². The molecule has 0 radical (unpaired) electrons. The van der Waals surface area contributed by atoms with Crippen LogP contribution in [0.3, 0.4) is 0 Å². The summed E-state index contributed by atoms with van der Waals surface area (Å²) in [6, 6.07) is 10.9. The van der Waals surface area contributed by atoms with Crippen LogP contribution >= 0.6 is 15.9 Å². The first-order valence-corrected chi connectivity index (χ1v) is 7.59. The smallest absolute Gasteiger partial charge is 0.169 e. The number of para-hydroxylation sites is 1. The van der Waals surface area contributed by atoms with Crippen molar-refractivity contribution >= 4 is 21.6 Å². The van der Waals surface area contributed by atoms with Gasteiger partial charge in [0.05, 0.1) is 31.9 Å². The fourth-order valence-corrected chi connectivity index (χ4v) is 2.98. The SMILES string of the molecule is Fc1ccccc1N1CC[NH+](Cc2ccc(Br)o2)CC1. The number of hydrogen-bond acceptors (Lipinski definition) is 2. The van der Waals surface area contributed by atoms with E-state index in [9.17, 15) is 4.39 Å². The van der Waals surface area contributed by atoms with Crippen LogP contribution in [0.2, 0.25) is 0 Å². The van der Waals surface area contributed by atoms with Gasteiger partial charge >= 0.3 is 0 Å². The van der Waals surface area contributed by atoms with E-state index >= 15 is 0 Å². The Labute approximate surface area is 126 Å². The highest BCUT2D eigenvalue weighted by molar-refractivity contribution is 9.10. The molecular weight excluding hydrogens is 323 g/mol. The molecule has 20 heavy (non-hydrogen) atoms. The van der Waals surface area contributed by atoms with Gasteiger partial charge in [-0.3, -0.25) is 0 Å². The summed E-state index contributed by atoms with van der Waals surface area (Å²) in [4.78, 5) is 3.59. The van der Waals surface area contributed by atoms with Crippen LogP contribution in [0.25, 0.3) is 0 Å². The standard InChI is InChI=1S/C15H16BrFN2O/c16-15-6-5-12(20-15)11-18-7-9-19(10-8-18)14-4-2-1-3-13(14)17/h1-6H,7-11H2/p+1. The predicted octanol–water partition coefficient (Wildman–Crippen LogP) is 2.09. The first kappa shape index (κ1) is 13.6. The molecule has 0 unspecified atom stereocenters. The lowest BCUT2D eigenvalue weighted by atomic mass is 10.2. The molecule has 3 rings (SSSR count). The number of piperazine rings is 1. The summed E-state index contributed by atoms with van der Waals surface area (Å²) in [6.07, 6.45) is 0. The second-order valence-corrected chi connectivity index (χ2v) is 5.85. The molecule has 5 heteroatoms. The normalized spacial score (nSPS) is 16.6. The van der Waals surface area contributed by atoms with Crippen LogP contribution in [0.5, 0.6) is 0 Å². The lowest BCUT2D eigenvalue weighted by Crippen LogP contribution is -3.13. The molecule has 1 N–H and O–H groups in total. The predicted molar refractivity (Wildman–Crippen MR) is 79.4 cm³/mol. The Morgan fingerprint density at radius 3 is 2.55 bits per heavy atom. The third-order valence-corrected chi connectivity index (χ3v) is 4.14. The van der Waals surface area contributed by atoms with E-state index in [0.29, 0.717) is 5.69 Å². The number of rotatable bonds is 3. The molecule has 1 saturated heterocycles. The van der Waals surface area contributed by atoms with E-state index in [0.717, 1.165) is 43.2 Å². The van der Waals surface area contributed by atoms with E-state index in [1.807, 2.05) is 24.3 Å². The van der Waals surface area contributed by atoms with Gasteiger partial charge in [-0.25, -0.2) is 4.39 Å². The first-order valence-electron chi connectivity index (χ1n) is 6.79. The number of hydrogen-bond donors (Lipinski definition) is 1. The Kier molecular flexibility index (Phi) is 4.08. The van der Waals surface area contributed by atoms with Crippen LogP contribution in [0.4, 0.5) is 10.1 Å².